The van der Waals surface area contributed by atoms with Gasteiger partial charge in [-0.3, -0.25) is 14.5 Å². The second kappa shape index (κ2) is 14.7. The second-order valence-corrected chi connectivity index (χ2v) is 12.6. The lowest BCUT2D eigenvalue weighted by molar-refractivity contribution is -0.140. The fourth-order valence-corrected chi connectivity index (χ4v) is 6.97. The van der Waals surface area contributed by atoms with Crippen LogP contribution in [0.15, 0.2) is 72.8 Å². The van der Waals surface area contributed by atoms with Crippen molar-refractivity contribution in [3.05, 3.63) is 95.1 Å². The number of carbonyl (C=O) groups excluding carboxylic acids is 3. The van der Waals surface area contributed by atoms with Crippen molar-refractivity contribution < 1.29 is 33.3 Å². The van der Waals surface area contributed by atoms with Gasteiger partial charge in [-0.2, -0.15) is 0 Å². The van der Waals surface area contributed by atoms with Crippen molar-refractivity contribution in [2.45, 2.75) is 59.0 Å². The molecule has 0 spiro atoms. The normalized spacial score (nSPS) is 18.5. The van der Waals surface area contributed by atoms with Gasteiger partial charge in [0.15, 0.2) is 23.0 Å². The highest BCUT2D eigenvalue weighted by Crippen LogP contribution is 2.41. The number of hydrogen-bond donors (Lipinski definition) is 1. The van der Waals surface area contributed by atoms with Crippen molar-refractivity contribution >= 4 is 28.6 Å². The second-order valence-electron chi connectivity index (χ2n) is 12.6. The van der Waals surface area contributed by atoms with Crippen molar-refractivity contribution in [1.82, 2.24) is 15.1 Å². The van der Waals surface area contributed by atoms with Gasteiger partial charge < -0.3 is 29.2 Å². The summed E-state index contributed by atoms with van der Waals surface area (Å²) < 4.78 is 23.6. The molecule has 6 rings (SSSR count). The zero-order chi connectivity index (χ0) is 35.4. The molecule has 4 aromatic rings. The molecule has 0 radical (unpaired) electrons. The van der Waals surface area contributed by atoms with Crippen LogP contribution in [0.1, 0.15) is 62.9 Å². The van der Waals surface area contributed by atoms with Crippen molar-refractivity contribution in [2.24, 2.45) is 0 Å². The molecular formula is C40H45N3O7. The van der Waals surface area contributed by atoms with Crippen molar-refractivity contribution in [3.8, 4) is 23.0 Å². The number of imide groups is 1. The number of rotatable bonds is 13. The van der Waals surface area contributed by atoms with E-state index in [2.05, 4.69) is 5.32 Å². The van der Waals surface area contributed by atoms with E-state index in [0.717, 1.165) is 32.4 Å². The monoisotopic (exact) mass is 679 g/mol. The Morgan fingerprint density at radius 3 is 2.12 bits per heavy atom. The molecule has 2 atom stereocenters. The van der Waals surface area contributed by atoms with E-state index >= 15 is 0 Å². The maximum Gasteiger partial charge on any atom is 0.325 e. The van der Waals surface area contributed by atoms with Gasteiger partial charge in [-0.25, -0.2) is 4.79 Å². The van der Waals surface area contributed by atoms with Crippen LogP contribution in [0.25, 0.3) is 10.8 Å². The van der Waals surface area contributed by atoms with Crippen LogP contribution in [0.2, 0.25) is 0 Å². The fraction of sp³-hybridized carbons (Fsp3) is 0.375. The molecule has 4 aromatic carbocycles. The molecule has 0 bridgehead atoms. The SMILES string of the molecule is CCOc1ccc(C[C@H]2c3cc(OCC)c(OCC)cc3CCN2C(=O)CN2C(=O)N[C@](C)(c3ccc4ccccc4c3)C2=O)cc1OCC. The van der Waals surface area contributed by atoms with Gasteiger partial charge in [0.1, 0.15) is 12.1 Å². The van der Waals surface area contributed by atoms with E-state index < -0.39 is 23.5 Å². The number of benzene rings is 4. The molecule has 262 valence electrons. The standard InChI is InChI=1S/C40H45N3O7/c1-6-47-33-17-14-26(21-34(33)48-7-2)20-32-31-24-36(50-9-4)35(49-8-3)23-29(31)18-19-42(32)37(44)25-43-38(45)40(5,41-39(43)46)30-16-15-27-12-10-11-13-28(27)22-30/h10-17,21-24,32H,6-9,18-20,25H2,1-5H3,(H,41,46)/t32-,40+/m0/s1. The summed E-state index contributed by atoms with van der Waals surface area (Å²) in [5.41, 5.74) is 2.28. The van der Waals surface area contributed by atoms with Gasteiger partial charge >= 0.3 is 6.03 Å². The molecule has 1 N–H and O–H groups in total. The number of fused-ring (bicyclic) bond motifs is 2. The molecule has 0 saturated carbocycles. The third kappa shape index (κ3) is 6.66. The fourth-order valence-electron chi connectivity index (χ4n) is 6.97. The Hall–Kier alpha value is -5.25. The van der Waals surface area contributed by atoms with E-state index in [1.54, 1.807) is 11.8 Å². The Kier molecular flexibility index (Phi) is 10.2. The van der Waals surface area contributed by atoms with Crippen molar-refractivity contribution in [1.29, 1.82) is 0 Å². The first kappa shape index (κ1) is 34.6. The third-order valence-corrected chi connectivity index (χ3v) is 9.41. The summed E-state index contributed by atoms with van der Waals surface area (Å²) in [5.74, 6) is 1.77. The summed E-state index contributed by atoms with van der Waals surface area (Å²) in [6, 6.07) is 22.3. The van der Waals surface area contributed by atoms with Crippen molar-refractivity contribution in [3.63, 3.8) is 0 Å². The Morgan fingerprint density at radius 2 is 1.42 bits per heavy atom. The predicted molar refractivity (Wildman–Crippen MR) is 191 cm³/mol. The number of hydrogen-bond acceptors (Lipinski definition) is 7. The minimum atomic E-state index is -1.31. The Bertz CT molecular complexity index is 1910. The molecule has 2 aliphatic rings. The summed E-state index contributed by atoms with van der Waals surface area (Å²) in [6.07, 6.45) is 1.03. The van der Waals surface area contributed by atoms with Gasteiger partial charge in [0.2, 0.25) is 5.91 Å². The molecule has 2 heterocycles. The molecule has 1 saturated heterocycles. The molecule has 10 nitrogen and oxygen atoms in total. The van der Waals surface area contributed by atoms with Gasteiger partial charge in [0, 0.05) is 6.54 Å². The van der Waals surface area contributed by atoms with Crippen molar-refractivity contribution in [2.75, 3.05) is 39.5 Å². The number of amides is 4. The average molecular weight is 680 g/mol. The van der Waals surface area contributed by atoms with Crippen LogP contribution in [0.3, 0.4) is 0 Å². The van der Waals surface area contributed by atoms with Gasteiger partial charge in [0.05, 0.1) is 32.5 Å². The smallest absolute Gasteiger partial charge is 0.325 e. The van der Waals surface area contributed by atoms with E-state index in [1.165, 1.54) is 0 Å². The summed E-state index contributed by atoms with van der Waals surface area (Å²) in [6.45, 7) is 11.3. The zero-order valence-electron chi connectivity index (χ0n) is 29.4. The topological polar surface area (TPSA) is 107 Å². The lowest BCUT2D eigenvalue weighted by Crippen LogP contribution is -2.48. The Labute approximate surface area is 293 Å². The highest BCUT2D eigenvalue weighted by molar-refractivity contribution is 6.09. The molecular weight excluding hydrogens is 634 g/mol. The molecule has 0 aromatic heterocycles. The van der Waals surface area contributed by atoms with Crippen LogP contribution in [0.5, 0.6) is 23.0 Å². The zero-order valence-corrected chi connectivity index (χ0v) is 29.4. The number of nitrogens with one attached hydrogen (secondary N) is 1. The van der Waals surface area contributed by atoms with Gasteiger partial charge in [0.25, 0.3) is 5.91 Å². The van der Waals surface area contributed by atoms with Crippen LogP contribution in [-0.4, -0.2) is 67.2 Å². The molecule has 4 amide bonds. The van der Waals surface area contributed by atoms with Crippen LogP contribution in [-0.2, 0) is 28.0 Å². The van der Waals surface area contributed by atoms with Gasteiger partial charge in [-0.1, -0.05) is 42.5 Å². The minimum absolute atomic E-state index is 0.324. The largest absolute Gasteiger partial charge is 0.490 e. The van der Waals surface area contributed by atoms with Crippen LogP contribution in [0, 0.1) is 0 Å². The van der Waals surface area contributed by atoms with E-state index in [-0.39, 0.29) is 12.5 Å². The first-order valence-electron chi connectivity index (χ1n) is 17.4. The van der Waals surface area contributed by atoms with Gasteiger partial charge in [-0.05, 0) is 111 Å². The molecule has 0 aliphatic carbocycles. The maximum absolute atomic E-state index is 14.3. The minimum Gasteiger partial charge on any atom is -0.490 e. The maximum atomic E-state index is 14.3. The molecule has 50 heavy (non-hydrogen) atoms. The lowest BCUT2D eigenvalue weighted by atomic mass is 9.87. The number of nitrogens with zero attached hydrogens (tertiary/aromatic N) is 2. The highest BCUT2D eigenvalue weighted by atomic mass is 16.5. The molecule has 1 fully saturated rings. The summed E-state index contributed by atoms with van der Waals surface area (Å²) in [5, 5.41) is 4.86. The third-order valence-electron chi connectivity index (χ3n) is 9.41. The quantitative estimate of drug-likeness (QED) is 0.159. The number of urea groups is 1. The van der Waals surface area contributed by atoms with E-state index in [4.69, 9.17) is 18.9 Å². The van der Waals surface area contributed by atoms with E-state index in [1.807, 2.05) is 100 Å². The lowest BCUT2D eigenvalue weighted by Gasteiger charge is -2.38. The summed E-state index contributed by atoms with van der Waals surface area (Å²) in [4.78, 5) is 44.5. The Morgan fingerprint density at radius 1 is 0.780 bits per heavy atom. The van der Waals surface area contributed by atoms with E-state index in [0.29, 0.717) is 74.4 Å². The summed E-state index contributed by atoms with van der Waals surface area (Å²) in [7, 11) is 0. The average Bonchev–Trinajstić information content (AvgIpc) is 3.33. The Balaban J connectivity index is 1.32. The molecule has 0 unspecified atom stereocenters. The van der Waals surface area contributed by atoms with E-state index in [9.17, 15) is 14.4 Å². The number of carbonyl (C=O) groups is 3. The van der Waals surface area contributed by atoms with Crippen LogP contribution in [0.4, 0.5) is 4.79 Å². The highest BCUT2D eigenvalue weighted by Gasteiger charge is 2.50. The molecule has 2 aliphatic heterocycles. The van der Waals surface area contributed by atoms with Gasteiger partial charge in [-0.15, -0.1) is 0 Å². The first-order chi connectivity index (χ1) is 24.2. The first-order valence-corrected chi connectivity index (χ1v) is 17.4. The van der Waals surface area contributed by atoms with Crippen LogP contribution >= 0.6 is 0 Å². The van der Waals surface area contributed by atoms with Crippen LogP contribution < -0.4 is 24.3 Å². The summed E-state index contributed by atoms with van der Waals surface area (Å²) >= 11 is 0. The predicted octanol–water partition coefficient (Wildman–Crippen LogP) is 6.57. The molecule has 10 heteroatoms. The number of ether oxygens (including phenoxy) is 4.